The van der Waals surface area contributed by atoms with Crippen LogP contribution in [0.4, 0.5) is 5.13 Å². The second-order valence-corrected chi connectivity index (χ2v) is 9.51. The van der Waals surface area contributed by atoms with E-state index in [0.717, 1.165) is 45.8 Å². The molecule has 0 unspecified atom stereocenters. The summed E-state index contributed by atoms with van der Waals surface area (Å²) >= 11 is 1.48. The van der Waals surface area contributed by atoms with Gasteiger partial charge in [0.05, 0.1) is 27.2 Å². The third-order valence-corrected chi connectivity index (χ3v) is 7.11. The molecule has 0 spiro atoms. The molecule has 8 heteroatoms. The Kier molecular flexibility index (Phi) is 4.95. The Bertz CT molecular complexity index is 1520. The molecule has 1 aliphatic rings. The third kappa shape index (κ3) is 3.66. The van der Waals surface area contributed by atoms with E-state index in [1.54, 1.807) is 10.9 Å². The molecule has 1 fully saturated rings. The van der Waals surface area contributed by atoms with Gasteiger partial charge in [-0.15, -0.1) is 0 Å². The summed E-state index contributed by atoms with van der Waals surface area (Å²) in [6.45, 7) is 3.86. The van der Waals surface area contributed by atoms with Gasteiger partial charge in [-0.3, -0.25) is 10.1 Å². The Morgan fingerprint density at radius 1 is 1.03 bits per heavy atom. The first kappa shape index (κ1) is 20.7. The average molecular weight is 467 g/mol. The fourth-order valence-electron chi connectivity index (χ4n) is 4.19. The molecule has 1 aromatic carbocycles. The van der Waals surface area contributed by atoms with Crippen LogP contribution in [0.1, 0.15) is 46.2 Å². The van der Waals surface area contributed by atoms with Crippen molar-refractivity contribution >= 4 is 33.4 Å². The van der Waals surface area contributed by atoms with Gasteiger partial charge in [0.15, 0.2) is 16.6 Å². The Labute approximate surface area is 200 Å². The van der Waals surface area contributed by atoms with Crippen LogP contribution in [0.5, 0.6) is 0 Å². The van der Waals surface area contributed by atoms with Crippen LogP contribution < -0.4 is 5.32 Å². The van der Waals surface area contributed by atoms with E-state index >= 15 is 0 Å². The van der Waals surface area contributed by atoms with Crippen molar-refractivity contribution in [2.45, 2.75) is 32.6 Å². The predicted octanol–water partition coefficient (Wildman–Crippen LogP) is 5.69. The van der Waals surface area contributed by atoms with E-state index in [9.17, 15) is 4.79 Å². The minimum atomic E-state index is -0.202. The first-order valence-electron chi connectivity index (χ1n) is 11.2. The van der Waals surface area contributed by atoms with Crippen molar-refractivity contribution in [1.82, 2.24) is 24.7 Å². The zero-order valence-electron chi connectivity index (χ0n) is 18.8. The quantitative estimate of drug-likeness (QED) is 0.360. The monoisotopic (exact) mass is 466 g/mol. The summed E-state index contributed by atoms with van der Waals surface area (Å²) in [7, 11) is 0. The van der Waals surface area contributed by atoms with Crippen molar-refractivity contribution in [3.8, 4) is 16.3 Å². The number of amides is 1. The van der Waals surface area contributed by atoms with Crippen molar-refractivity contribution < 1.29 is 4.79 Å². The molecule has 0 atom stereocenters. The highest BCUT2D eigenvalue weighted by molar-refractivity contribution is 7.19. The van der Waals surface area contributed by atoms with E-state index in [0.29, 0.717) is 28.1 Å². The van der Waals surface area contributed by atoms with Gasteiger partial charge in [-0.2, -0.15) is 9.78 Å². The second kappa shape index (κ2) is 8.14. The van der Waals surface area contributed by atoms with Crippen molar-refractivity contribution in [3.05, 3.63) is 83.4 Å². The summed E-state index contributed by atoms with van der Waals surface area (Å²) in [5.41, 5.74) is 4.87. The van der Waals surface area contributed by atoms with E-state index in [1.807, 2.05) is 56.3 Å². The maximum Gasteiger partial charge on any atom is 0.258 e. The SMILES string of the molecule is Cc1nc(NC(=O)c2cc(C3CC3)nc3c2c(C)nn3-c2ccccn2)sc1-c1ccccc1. The molecule has 4 aromatic heterocycles. The molecule has 7 nitrogen and oxygen atoms in total. The standard InChI is InChI=1S/C26H22N6OS/c1-15-22-19(25(33)30-26-28-16(2)23(34-26)18-8-4-3-5-9-18)14-20(17-11-12-17)29-24(22)32(31-15)21-10-6-7-13-27-21/h3-10,13-14,17H,11-12H2,1-2H3,(H,28,30,33). The molecule has 1 saturated carbocycles. The van der Waals surface area contributed by atoms with E-state index in [2.05, 4.69) is 32.5 Å². The van der Waals surface area contributed by atoms with E-state index in [-0.39, 0.29) is 5.91 Å². The van der Waals surface area contributed by atoms with E-state index in [1.165, 1.54) is 11.3 Å². The third-order valence-electron chi connectivity index (χ3n) is 5.99. The minimum Gasteiger partial charge on any atom is -0.298 e. The topological polar surface area (TPSA) is 85.6 Å². The number of thiazole rings is 1. The van der Waals surface area contributed by atoms with Crippen molar-refractivity contribution in [3.63, 3.8) is 0 Å². The maximum atomic E-state index is 13.6. The lowest BCUT2D eigenvalue weighted by Crippen LogP contribution is -2.13. The molecule has 0 bridgehead atoms. The number of carbonyl (C=O) groups excluding carboxylic acids is 1. The van der Waals surface area contributed by atoms with Gasteiger partial charge in [-0.05, 0) is 50.5 Å². The number of carbonyl (C=O) groups is 1. The normalized spacial score (nSPS) is 13.4. The number of pyridine rings is 2. The summed E-state index contributed by atoms with van der Waals surface area (Å²) in [5, 5.41) is 9.04. The number of anilines is 1. The summed E-state index contributed by atoms with van der Waals surface area (Å²) in [6, 6.07) is 17.7. The predicted molar refractivity (Wildman–Crippen MR) is 134 cm³/mol. The molecule has 0 aliphatic heterocycles. The number of hydrogen-bond acceptors (Lipinski definition) is 6. The first-order valence-corrected chi connectivity index (χ1v) is 12.1. The lowest BCUT2D eigenvalue weighted by atomic mass is 10.1. The molecule has 6 rings (SSSR count). The number of aromatic nitrogens is 5. The zero-order chi connectivity index (χ0) is 23.2. The fraction of sp³-hybridized carbons (Fsp3) is 0.192. The molecule has 4 heterocycles. The van der Waals surface area contributed by atoms with Crippen LogP contribution in [0, 0.1) is 13.8 Å². The molecule has 5 aromatic rings. The number of nitrogens with zero attached hydrogens (tertiary/aromatic N) is 5. The van der Waals surface area contributed by atoms with E-state index in [4.69, 9.17) is 4.98 Å². The Balaban J connectivity index is 1.42. The van der Waals surface area contributed by atoms with Crippen LogP contribution in [0.15, 0.2) is 60.8 Å². The molecule has 1 N–H and O–H groups in total. The molecule has 168 valence electrons. The fourth-order valence-corrected chi connectivity index (χ4v) is 5.15. The summed E-state index contributed by atoms with van der Waals surface area (Å²) < 4.78 is 1.73. The minimum absolute atomic E-state index is 0.202. The van der Waals surface area contributed by atoms with E-state index < -0.39 is 0 Å². The Morgan fingerprint density at radius 3 is 2.56 bits per heavy atom. The number of benzene rings is 1. The van der Waals surface area contributed by atoms with Crippen molar-refractivity contribution in [2.24, 2.45) is 0 Å². The van der Waals surface area contributed by atoms with Crippen LogP contribution in [0.2, 0.25) is 0 Å². The van der Waals surface area contributed by atoms with Gasteiger partial charge in [0.25, 0.3) is 5.91 Å². The van der Waals surface area contributed by atoms with Gasteiger partial charge in [-0.1, -0.05) is 47.7 Å². The first-order chi connectivity index (χ1) is 16.6. The zero-order valence-corrected chi connectivity index (χ0v) is 19.6. The average Bonchev–Trinajstić information content (AvgIpc) is 3.58. The van der Waals surface area contributed by atoms with Gasteiger partial charge >= 0.3 is 0 Å². The largest absolute Gasteiger partial charge is 0.298 e. The summed E-state index contributed by atoms with van der Waals surface area (Å²) in [5.74, 6) is 0.858. The van der Waals surface area contributed by atoms with Gasteiger partial charge in [0.2, 0.25) is 0 Å². The Morgan fingerprint density at radius 2 is 1.82 bits per heavy atom. The molecule has 0 radical (unpaired) electrons. The number of aryl methyl sites for hydroxylation is 2. The van der Waals surface area contributed by atoms with Crippen LogP contribution in [-0.4, -0.2) is 30.6 Å². The molecular formula is C26H22N6OS. The highest BCUT2D eigenvalue weighted by atomic mass is 32.1. The van der Waals surface area contributed by atoms with Crippen LogP contribution >= 0.6 is 11.3 Å². The maximum absolute atomic E-state index is 13.6. The molecular weight excluding hydrogens is 444 g/mol. The molecule has 1 aliphatic carbocycles. The van der Waals surface area contributed by atoms with Crippen LogP contribution in [-0.2, 0) is 0 Å². The number of rotatable bonds is 5. The number of hydrogen-bond donors (Lipinski definition) is 1. The van der Waals surface area contributed by atoms with Gasteiger partial charge in [-0.25, -0.2) is 15.0 Å². The smallest absolute Gasteiger partial charge is 0.258 e. The van der Waals surface area contributed by atoms with Crippen molar-refractivity contribution in [2.75, 3.05) is 5.32 Å². The highest BCUT2D eigenvalue weighted by Crippen LogP contribution is 2.41. The van der Waals surface area contributed by atoms with Gasteiger partial charge < -0.3 is 0 Å². The molecule has 1 amide bonds. The van der Waals surface area contributed by atoms with Crippen LogP contribution in [0.3, 0.4) is 0 Å². The van der Waals surface area contributed by atoms with Gasteiger partial charge in [0, 0.05) is 17.8 Å². The second-order valence-electron chi connectivity index (χ2n) is 8.51. The van der Waals surface area contributed by atoms with Crippen molar-refractivity contribution in [1.29, 1.82) is 0 Å². The highest BCUT2D eigenvalue weighted by Gasteiger charge is 2.29. The lowest BCUT2D eigenvalue weighted by molar-refractivity contribution is 0.102. The summed E-state index contributed by atoms with van der Waals surface area (Å²) in [4.78, 5) is 28.6. The lowest BCUT2D eigenvalue weighted by Gasteiger charge is -2.08. The van der Waals surface area contributed by atoms with Gasteiger partial charge in [0.1, 0.15) is 0 Å². The molecule has 34 heavy (non-hydrogen) atoms. The number of fused-ring (bicyclic) bond motifs is 1. The number of nitrogens with one attached hydrogen (secondary N) is 1. The molecule has 0 saturated heterocycles. The van der Waals surface area contributed by atoms with Crippen LogP contribution in [0.25, 0.3) is 27.3 Å². The summed E-state index contributed by atoms with van der Waals surface area (Å²) in [6.07, 6.45) is 3.90. The Hall–Kier alpha value is -3.91.